The lowest BCUT2D eigenvalue weighted by molar-refractivity contribution is 1.07. The van der Waals surface area contributed by atoms with Crippen LogP contribution in [0.4, 0.5) is 0 Å². The van der Waals surface area contributed by atoms with E-state index in [1.165, 1.54) is 16.5 Å². The van der Waals surface area contributed by atoms with Crippen LogP contribution in [-0.4, -0.2) is 19.9 Å². The number of nitrogens with zero attached hydrogens (tertiary/aromatic N) is 4. The lowest BCUT2D eigenvalue weighted by atomic mass is 9.95. The van der Waals surface area contributed by atoms with Gasteiger partial charge in [-0.25, -0.2) is 15.0 Å². The third-order valence-electron chi connectivity index (χ3n) is 7.98. The Balaban J connectivity index is 1.21. The Morgan fingerprint density at radius 1 is 0.341 bits per heavy atom. The Hall–Kier alpha value is -6.00. The fourth-order valence-corrected chi connectivity index (χ4v) is 5.75. The number of pyridine rings is 1. The van der Waals surface area contributed by atoms with Gasteiger partial charge in [-0.05, 0) is 39.8 Å². The topological polar surface area (TPSA) is 51.6 Å². The van der Waals surface area contributed by atoms with Crippen LogP contribution in [0.2, 0.25) is 0 Å². The molecular formula is C40H26N4. The summed E-state index contributed by atoms with van der Waals surface area (Å²) in [5.74, 6) is 1.93. The SMILES string of the molecule is c1ccc(-c2ccc(-c3nc(-c4ccccc4)nc(-c4ccc(-c5cc6cccnc6c6ccccc56)cc4)n3)cc2)cc1. The van der Waals surface area contributed by atoms with Gasteiger partial charge in [-0.3, -0.25) is 4.98 Å². The van der Waals surface area contributed by atoms with Crippen molar-refractivity contribution in [2.75, 3.05) is 0 Å². The van der Waals surface area contributed by atoms with E-state index in [0.29, 0.717) is 17.5 Å². The second-order valence-corrected chi connectivity index (χ2v) is 10.7. The average molecular weight is 563 g/mol. The largest absolute Gasteiger partial charge is 0.256 e. The van der Waals surface area contributed by atoms with Gasteiger partial charge in [0.25, 0.3) is 0 Å². The summed E-state index contributed by atoms with van der Waals surface area (Å²) in [6, 6.07) is 52.2. The smallest absolute Gasteiger partial charge is 0.164 e. The number of hydrogen-bond acceptors (Lipinski definition) is 4. The van der Waals surface area contributed by atoms with Gasteiger partial charge in [-0.2, -0.15) is 0 Å². The molecule has 44 heavy (non-hydrogen) atoms. The van der Waals surface area contributed by atoms with E-state index in [2.05, 4.69) is 114 Å². The average Bonchev–Trinajstić information content (AvgIpc) is 3.12. The normalized spacial score (nSPS) is 11.2. The minimum atomic E-state index is 0.639. The Bertz CT molecular complexity index is 2240. The van der Waals surface area contributed by atoms with E-state index in [4.69, 9.17) is 15.0 Å². The molecule has 4 heteroatoms. The highest BCUT2D eigenvalue weighted by molar-refractivity contribution is 6.12. The zero-order valence-corrected chi connectivity index (χ0v) is 23.8. The van der Waals surface area contributed by atoms with Gasteiger partial charge in [0.2, 0.25) is 0 Å². The zero-order valence-electron chi connectivity index (χ0n) is 23.8. The van der Waals surface area contributed by atoms with E-state index in [1.807, 2.05) is 48.7 Å². The molecular weight excluding hydrogens is 536 g/mol. The monoisotopic (exact) mass is 562 g/mol. The first-order valence-electron chi connectivity index (χ1n) is 14.6. The molecule has 206 valence electrons. The first-order valence-corrected chi connectivity index (χ1v) is 14.6. The number of aromatic nitrogens is 4. The predicted molar refractivity (Wildman–Crippen MR) is 180 cm³/mol. The molecule has 8 aromatic rings. The molecule has 0 fully saturated rings. The summed E-state index contributed by atoms with van der Waals surface area (Å²) in [5, 5.41) is 3.45. The first kappa shape index (κ1) is 25.7. The maximum Gasteiger partial charge on any atom is 0.164 e. The number of hydrogen-bond donors (Lipinski definition) is 0. The van der Waals surface area contributed by atoms with Crippen molar-refractivity contribution in [3.8, 4) is 56.4 Å². The fourth-order valence-electron chi connectivity index (χ4n) is 5.75. The van der Waals surface area contributed by atoms with E-state index in [1.54, 1.807) is 0 Å². The van der Waals surface area contributed by atoms with E-state index < -0.39 is 0 Å². The molecule has 6 aromatic carbocycles. The highest BCUT2D eigenvalue weighted by Crippen LogP contribution is 2.35. The van der Waals surface area contributed by atoms with Crippen LogP contribution < -0.4 is 0 Å². The van der Waals surface area contributed by atoms with Crippen LogP contribution in [0.25, 0.3) is 78.1 Å². The molecule has 8 rings (SSSR count). The summed E-state index contributed by atoms with van der Waals surface area (Å²) < 4.78 is 0. The maximum absolute atomic E-state index is 4.96. The third-order valence-corrected chi connectivity index (χ3v) is 7.98. The minimum absolute atomic E-state index is 0.639. The van der Waals surface area contributed by atoms with Crippen molar-refractivity contribution in [2.24, 2.45) is 0 Å². The van der Waals surface area contributed by atoms with Crippen LogP contribution in [-0.2, 0) is 0 Å². The van der Waals surface area contributed by atoms with Gasteiger partial charge in [0.05, 0.1) is 5.52 Å². The number of benzene rings is 6. The van der Waals surface area contributed by atoms with E-state index in [0.717, 1.165) is 44.1 Å². The second kappa shape index (κ2) is 11.0. The van der Waals surface area contributed by atoms with Gasteiger partial charge in [-0.15, -0.1) is 0 Å². The zero-order chi connectivity index (χ0) is 29.3. The Morgan fingerprint density at radius 3 is 1.41 bits per heavy atom. The minimum Gasteiger partial charge on any atom is -0.256 e. The van der Waals surface area contributed by atoms with Crippen molar-refractivity contribution in [3.05, 3.63) is 158 Å². The Kier molecular flexibility index (Phi) is 6.43. The molecule has 0 spiro atoms. The van der Waals surface area contributed by atoms with Crippen molar-refractivity contribution in [2.45, 2.75) is 0 Å². The predicted octanol–water partition coefficient (Wildman–Crippen LogP) is 9.91. The van der Waals surface area contributed by atoms with E-state index in [9.17, 15) is 0 Å². The molecule has 0 radical (unpaired) electrons. The molecule has 4 nitrogen and oxygen atoms in total. The first-order chi connectivity index (χ1) is 21.8. The molecule has 0 bridgehead atoms. The molecule has 0 aliphatic heterocycles. The molecule has 0 N–H and O–H groups in total. The van der Waals surface area contributed by atoms with Crippen molar-refractivity contribution in [1.82, 2.24) is 19.9 Å². The molecule has 0 unspecified atom stereocenters. The molecule has 0 aliphatic carbocycles. The van der Waals surface area contributed by atoms with Crippen molar-refractivity contribution in [1.29, 1.82) is 0 Å². The second-order valence-electron chi connectivity index (χ2n) is 10.7. The summed E-state index contributed by atoms with van der Waals surface area (Å²) in [5.41, 5.74) is 8.48. The van der Waals surface area contributed by atoms with E-state index >= 15 is 0 Å². The molecule has 2 aromatic heterocycles. The number of rotatable bonds is 5. The fraction of sp³-hybridized carbons (Fsp3) is 0. The third kappa shape index (κ3) is 4.79. The van der Waals surface area contributed by atoms with Gasteiger partial charge >= 0.3 is 0 Å². The van der Waals surface area contributed by atoms with Gasteiger partial charge in [-0.1, -0.05) is 140 Å². The van der Waals surface area contributed by atoms with Crippen LogP contribution >= 0.6 is 0 Å². The maximum atomic E-state index is 4.96. The van der Waals surface area contributed by atoms with Crippen LogP contribution in [0, 0.1) is 0 Å². The quantitative estimate of drug-likeness (QED) is 0.196. The molecule has 0 atom stereocenters. The van der Waals surface area contributed by atoms with Crippen LogP contribution in [0.5, 0.6) is 0 Å². The van der Waals surface area contributed by atoms with E-state index in [-0.39, 0.29) is 0 Å². The van der Waals surface area contributed by atoms with Crippen LogP contribution in [0.15, 0.2) is 158 Å². The molecule has 0 saturated carbocycles. The molecule has 0 amide bonds. The van der Waals surface area contributed by atoms with Crippen LogP contribution in [0.3, 0.4) is 0 Å². The molecule has 0 aliphatic rings. The highest BCUT2D eigenvalue weighted by Gasteiger charge is 2.14. The van der Waals surface area contributed by atoms with Crippen molar-refractivity contribution in [3.63, 3.8) is 0 Å². The van der Waals surface area contributed by atoms with Crippen molar-refractivity contribution < 1.29 is 0 Å². The van der Waals surface area contributed by atoms with Gasteiger partial charge in [0, 0.05) is 33.7 Å². The Labute approximate surface area is 255 Å². The lowest BCUT2D eigenvalue weighted by Crippen LogP contribution is -2.00. The van der Waals surface area contributed by atoms with Crippen molar-refractivity contribution >= 4 is 21.7 Å². The molecule has 2 heterocycles. The summed E-state index contributed by atoms with van der Waals surface area (Å²) >= 11 is 0. The lowest BCUT2D eigenvalue weighted by Gasteiger charge is -2.12. The van der Waals surface area contributed by atoms with Gasteiger partial charge in [0.1, 0.15) is 0 Å². The standard InChI is InChI=1S/C40H26N4/c1-3-10-27(11-4-1)28-17-21-31(22-18-28)39-42-38(30-12-5-2-6-13-30)43-40(44-39)32-23-19-29(20-24-32)36-26-33-14-9-25-41-37(33)35-16-8-7-15-34(35)36/h1-26H. The number of fused-ring (bicyclic) bond motifs is 3. The van der Waals surface area contributed by atoms with Crippen LogP contribution in [0.1, 0.15) is 0 Å². The van der Waals surface area contributed by atoms with Gasteiger partial charge in [0.15, 0.2) is 17.5 Å². The Morgan fingerprint density at radius 2 is 0.795 bits per heavy atom. The summed E-state index contributed by atoms with van der Waals surface area (Å²) in [6.07, 6.45) is 1.85. The summed E-state index contributed by atoms with van der Waals surface area (Å²) in [7, 11) is 0. The summed E-state index contributed by atoms with van der Waals surface area (Å²) in [4.78, 5) is 19.5. The highest BCUT2D eigenvalue weighted by atomic mass is 15.0. The molecule has 0 saturated heterocycles. The van der Waals surface area contributed by atoms with Gasteiger partial charge < -0.3 is 0 Å². The summed E-state index contributed by atoms with van der Waals surface area (Å²) in [6.45, 7) is 0.